The molecular weight excluding hydrogens is 328 g/mol. The number of benzene rings is 1. The van der Waals surface area contributed by atoms with Gasteiger partial charge in [0.25, 0.3) is 5.91 Å². The predicted molar refractivity (Wildman–Crippen MR) is 90.7 cm³/mol. The average Bonchev–Trinajstić information content (AvgIpc) is 2.59. The van der Waals surface area contributed by atoms with E-state index in [-0.39, 0.29) is 17.0 Å². The molecule has 0 fully saturated rings. The van der Waals surface area contributed by atoms with Crippen molar-refractivity contribution in [3.05, 3.63) is 53.7 Å². The Morgan fingerprint density at radius 1 is 1.21 bits per heavy atom. The van der Waals surface area contributed by atoms with E-state index in [9.17, 15) is 13.2 Å². The lowest BCUT2D eigenvalue weighted by molar-refractivity contribution is 0.0947. The minimum Gasteiger partial charge on any atom is -0.481 e. The lowest BCUT2D eigenvalue weighted by Crippen LogP contribution is -2.26. The molecule has 1 N–H and O–H groups in total. The summed E-state index contributed by atoms with van der Waals surface area (Å²) in [6, 6.07) is 9.72. The van der Waals surface area contributed by atoms with E-state index in [0.29, 0.717) is 11.4 Å². The normalized spacial score (nSPS) is 11.3. The van der Waals surface area contributed by atoms with Gasteiger partial charge in [-0.3, -0.25) is 4.79 Å². The Bertz CT molecular complexity index is 832. The summed E-state index contributed by atoms with van der Waals surface area (Å²) in [4.78, 5) is 16.6. The van der Waals surface area contributed by atoms with Crippen LogP contribution >= 0.6 is 0 Å². The van der Waals surface area contributed by atoms with Crippen molar-refractivity contribution < 1.29 is 17.9 Å². The molecule has 6 nitrogen and oxygen atoms in total. The summed E-state index contributed by atoms with van der Waals surface area (Å²) in [7, 11) is -2.05. The van der Waals surface area contributed by atoms with Crippen LogP contribution in [0.2, 0.25) is 0 Å². The van der Waals surface area contributed by atoms with E-state index in [0.717, 1.165) is 0 Å². The predicted octanol–water partition coefficient (Wildman–Crippen LogP) is 2.20. The maximum Gasteiger partial charge on any atom is 0.252 e. The smallest absolute Gasteiger partial charge is 0.252 e. The maximum absolute atomic E-state index is 12.5. The van der Waals surface area contributed by atoms with Gasteiger partial charge in [-0.2, -0.15) is 0 Å². The van der Waals surface area contributed by atoms with Crippen molar-refractivity contribution in [1.82, 2.24) is 10.3 Å². The Balaban J connectivity index is 2.25. The summed E-state index contributed by atoms with van der Waals surface area (Å²) in [5, 5.41) is 2.11. The SMILES string of the molecule is COc1ncccc1CNC(=O)c1ccccc1S(=O)(=O)C(C)C. The number of carbonyl (C=O) groups excluding carboxylic acids is 1. The Morgan fingerprint density at radius 2 is 1.92 bits per heavy atom. The number of sulfone groups is 1. The third kappa shape index (κ3) is 3.73. The van der Waals surface area contributed by atoms with Crippen molar-refractivity contribution in [3.63, 3.8) is 0 Å². The largest absolute Gasteiger partial charge is 0.481 e. The Hall–Kier alpha value is -2.41. The molecular formula is C17H20N2O4S. The lowest BCUT2D eigenvalue weighted by atomic mass is 10.2. The van der Waals surface area contributed by atoms with E-state index in [2.05, 4.69) is 10.3 Å². The first-order chi connectivity index (χ1) is 11.4. The standard InChI is InChI=1S/C17H20N2O4S/c1-12(2)24(21,22)15-9-5-4-8-14(15)16(20)19-11-13-7-6-10-18-17(13)23-3/h4-10,12H,11H2,1-3H3,(H,19,20). The third-order valence-electron chi connectivity index (χ3n) is 3.54. The molecule has 0 saturated heterocycles. The third-order valence-corrected chi connectivity index (χ3v) is 5.75. The Morgan fingerprint density at radius 3 is 2.58 bits per heavy atom. The van der Waals surface area contributed by atoms with Crippen molar-refractivity contribution in [2.45, 2.75) is 30.5 Å². The zero-order valence-corrected chi connectivity index (χ0v) is 14.6. The highest BCUT2D eigenvalue weighted by Gasteiger charge is 2.25. The van der Waals surface area contributed by atoms with Crippen LogP contribution in [0.3, 0.4) is 0 Å². The van der Waals surface area contributed by atoms with E-state index in [1.807, 2.05) is 0 Å². The summed E-state index contributed by atoms with van der Waals surface area (Å²) in [6.45, 7) is 3.36. The van der Waals surface area contributed by atoms with Crippen LogP contribution in [0.25, 0.3) is 0 Å². The number of nitrogens with zero attached hydrogens (tertiary/aromatic N) is 1. The van der Waals surface area contributed by atoms with Gasteiger partial charge in [0.1, 0.15) is 0 Å². The van der Waals surface area contributed by atoms with Gasteiger partial charge in [-0.05, 0) is 32.0 Å². The first-order valence-electron chi connectivity index (χ1n) is 7.47. The van der Waals surface area contributed by atoms with E-state index >= 15 is 0 Å². The fourth-order valence-electron chi connectivity index (χ4n) is 2.17. The van der Waals surface area contributed by atoms with Gasteiger partial charge in [0.2, 0.25) is 5.88 Å². The molecule has 1 aromatic heterocycles. The molecule has 0 aliphatic carbocycles. The van der Waals surface area contributed by atoms with Crippen molar-refractivity contribution in [3.8, 4) is 5.88 Å². The molecule has 2 aromatic rings. The van der Waals surface area contributed by atoms with Gasteiger partial charge < -0.3 is 10.1 Å². The number of hydrogen-bond acceptors (Lipinski definition) is 5. The first-order valence-corrected chi connectivity index (χ1v) is 9.01. The molecule has 0 spiro atoms. The van der Waals surface area contributed by atoms with Gasteiger partial charge in [0, 0.05) is 18.3 Å². The van der Waals surface area contributed by atoms with E-state index < -0.39 is 21.0 Å². The molecule has 1 amide bonds. The van der Waals surface area contributed by atoms with Crippen LogP contribution in [-0.2, 0) is 16.4 Å². The lowest BCUT2D eigenvalue weighted by Gasteiger charge is -2.13. The zero-order chi connectivity index (χ0) is 17.7. The topological polar surface area (TPSA) is 85.4 Å². The molecule has 0 saturated carbocycles. The average molecular weight is 348 g/mol. The van der Waals surface area contributed by atoms with E-state index in [4.69, 9.17) is 4.74 Å². The molecule has 0 aliphatic rings. The van der Waals surface area contributed by atoms with Gasteiger partial charge in [0.05, 0.1) is 22.8 Å². The minimum atomic E-state index is -3.55. The number of carbonyl (C=O) groups is 1. The Labute approximate surface area is 141 Å². The van der Waals surface area contributed by atoms with Crippen LogP contribution in [0.15, 0.2) is 47.5 Å². The van der Waals surface area contributed by atoms with Crippen LogP contribution in [0.4, 0.5) is 0 Å². The van der Waals surface area contributed by atoms with Gasteiger partial charge in [-0.15, -0.1) is 0 Å². The highest BCUT2D eigenvalue weighted by Crippen LogP contribution is 2.21. The zero-order valence-electron chi connectivity index (χ0n) is 13.8. The fraction of sp³-hybridized carbons (Fsp3) is 0.294. The summed E-state index contributed by atoms with van der Waals surface area (Å²) in [5.41, 5.74) is 0.839. The van der Waals surface area contributed by atoms with Crippen LogP contribution in [-0.4, -0.2) is 31.7 Å². The van der Waals surface area contributed by atoms with Crippen LogP contribution in [0, 0.1) is 0 Å². The Kier molecular flexibility index (Phi) is 5.56. The van der Waals surface area contributed by atoms with Crippen LogP contribution < -0.4 is 10.1 Å². The van der Waals surface area contributed by atoms with Gasteiger partial charge in [-0.25, -0.2) is 13.4 Å². The molecule has 0 atom stereocenters. The minimum absolute atomic E-state index is 0.0376. The van der Waals surface area contributed by atoms with Crippen molar-refractivity contribution in [1.29, 1.82) is 0 Å². The molecule has 2 rings (SSSR count). The number of hydrogen-bond donors (Lipinski definition) is 1. The molecule has 0 aliphatic heterocycles. The second-order valence-electron chi connectivity index (χ2n) is 5.44. The van der Waals surface area contributed by atoms with Crippen molar-refractivity contribution in [2.75, 3.05) is 7.11 Å². The molecule has 0 radical (unpaired) electrons. The maximum atomic E-state index is 12.5. The van der Waals surface area contributed by atoms with Gasteiger partial charge >= 0.3 is 0 Å². The molecule has 1 aromatic carbocycles. The van der Waals surface area contributed by atoms with Crippen molar-refractivity contribution >= 4 is 15.7 Å². The van der Waals surface area contributed by atoms with Crippen molar-refractivity contribution in [2.24, 2.45) is 0 Å². The van der Waals surface area contributed by atoms with Gasteiger partial charge in [0.15, 0.2) is 9.84 Å². The summed E-state index contributed by atoms with van der Waals surface area (Å²) >= 11 is 0. The van der Waals surface area contributed by atoms with E-state index in [1.165, 1.54) is 19.2 Å². The summed E-state index contributed by atoms with van der Waals surface area (Å²) in [5.74, 6) is -0.0402. The number of amides is 1. The van der Waals surface area contributed by atoms with E-state index in [1.54, 1.807) is 44.3 Å². The van der Waals surface area contributed by atoms with Gasteiger partial charge in [-0.1, -0.05) is 18.2 Å². The molecule has 0 bridgehead atoms. The number of pyridine rings is 1. The van der Waals surface area contributed by atoms with Crippen LogP contribution in [0.5, 0.6) is 5.88 Å². The number of nitrogens with one attached hydrogen (secondary N) is 1. The monoisotopic (exact) mass is 348 g/mol. The number of aromatic nitrogens is 1. The summed E-state index contributed by atoms with van der Waals surface area (Å²) < 4.78 is 30.0. The number of ether oxygens (including phenoxy) is 1. The first kappa shape index (κ1) is 17.9. The second kappa shape index (κ2) is 7.44. The highest BCUT2D eigenvalue weighted by atomic mass is 32.2. The molecule has 0 unspecified atom stereocenters. The number of methoxy groups -OCH3 is 1. The van der Waals surface area contributed by atoms with Crippen LogP contribution in [0.1, 0.15) is 29.8 Å². The molecule has 24 heavy (non-hydrogen) atoms. The molecule has 128 valence electrons. The second-order valence-corrected chi connectivity index (χ2v) is 7.92. The highest BCUT2D eigenvalue weighted by molar-refractivity contribution is 7.92. The number of rotatable bonds is 6. The molecule has 1 heterocycles. The summed E-state index contributed by atoms with van der Waals surface area (Å²) in [6.07, 6.45) is 1.59. The fourth-order valence-corrected chi connectivity index (χ4v) is 3.41. The quantitative estimate of drug-likeness (QED) is 0.865. The molecule has 7 heteroatoms.